The number of esters is 1. The number of benzene rings is 2. The number of carbonyl (C=O) groups excluding carboxylic acids is 1. The van der Waals surface area contributed by atoms with Gasteiger partial charge in [-0.25, -0.2) is 4.79 Å². The van der Waals surface area contributed by atoms with E-state index < -0.39 is 0 Å². The summed E-state index contributed by atoms with van der Waals surface area (Å²) in [5.74, 6) is -0.235. The van der Waals surface area contributed by atoms with Gasteiger partial charge in [-0.3, -0.25) is 0 Å². The van der Waals surface area contributed by atoms with E-state index in [0.717, 1.165) is 40.3 Å². The highest BCUT2D eigenvalue weighted by Gasteiger charge is 2.34. The van der Waals surface area contributed by atoms with E-state index in [9.17, 15) is 4.79 Å². The smallest absolute Gasteiger partial charge is 0.335 e. The zero-order valence-corrected chi connectivity index (χ0v) is 15.3. The molecular formula is C24H24O2. The Morgan fingerprint density at radius 1 is 1.08 bits per heavy atom. The number of fused-ring (bicyclic) bond motifs is 1. The Bertz CT molecular complexity index is 932. The predicted molar refractivity (Wildman–Crippen MR) is 106 cm³/mol. The van der Waals surface area contributed by atoms with Crippen LogP contribution in [-0.4, -0.2) is 5.97 Å². The maximum Gasteiger partial charge on any atom is 0.335 e. The Balaban J connectivity index is 1.76. The minimum absolute atomic E-state index is 0.235. The molecular weight excluding hydrogens is 320 g/mol. The molecule has 0 aromatic heterocycles. The molecule has 1 heterocycles. The van der Waals surface area contributed by atoms with E-state index in [-0.39, 0.29) is 12.1 Å². The minimum atomic E-state index is -0.374. The lowest BCUT2D eigenvalue weighted by Crippen LogP contribution is -2.05. The molecule has 2 aromatic carbocycles. The normalized spacial score (nSPS) is 20.4. The van der Waals surface area contributed by atoms with Gasteiger partial charge in [0.2, 0.25) is 0 Å². The van der Waals surface area contributed by atoms with Crippen molar-refractivity contribution in [3.05, 3.63) is 83.0 Å². The van der Waals surface area contributed by atoms with Crippen LogP contribution in [-0.2, 0) is 9.53 Å². The van der Waals surface area contributed by atoms with E-state index in [4.69, 9.17) is 4.74 Å². The molecule has 1 atom stereocenters. The van der Waals surface area contributed by atoms with Crippen LogP contribution in [0.1, 0.15) is 50.7 Å². The topological polar surface area (TPSA) is 26.3 Å². The van der Waals surface area contributed by atoms with Crippen LogP contribution in [0, 0.1) is 0 Å². The molecule has 0 saturated heterocycles. The second-order valence-corrected chi connectivity index (χ2v) is 7.28. The molecule has 2 nitrogen and oxygen atoms in total. The summed E-state index contributed by atoms with van der Waals surface area (Å²) in [6, 6.07) is 14.4. The molecule has 132 valence electrons. The first-order valence-electron chi connectivity index (χ1n) is 9.43. The van der Waals surface area contributed by atoms with Crippen LogP contribution in [0.4, 0.5) is 0 Å². The number of cyclic esters (lactones) is 1. The number of rotatable bonds is 3. The molecule has 2 heteroatoms. The maximum absolute atomic E-state index is 12.4. The SMILES string of the molecule is C=C(C=C1CCCCC1)C1=C(C)C(=O)OC1c1cccc2ccccc12. The first-order chi connectivity index (χ1) is 12.6. The highest BCUT2D eigenvalue weighted by atomic mass is 16.5. The lowest BCUT2D eigenvalue weighted by Gasteiger charge is -2.19. The zero-order chi connectivity index (χ0) is 18.1. The molecule has 1 aliphatic carbocycles. The van der Waals surface area contributed by atoms with Crippen LogP contribution in [0.25, 0.3) is 10.8 Å². The molecule has 26 heavy (non-hydrogen) atoms. The third kappa shape index (κ3) is 3.01. The molecule has 4 rings (SSSR count). The van der Waals surface area contributed by atoms with Crippen LogP contribution < -0.4 is 0 Å². The van der Waals surface area contributed by atoms with Crippen LogP contribution in [0.15, 0.2) is 77.4 Å². The highest BCUT2D eigenvalue weighted by molar-refractivity contribution is 5.95. The molecule has 2 aromatic rings. The first kappa shape index (κ1) is 16.8. The van der Waals surface area contributed by atoms with Crippen LogP contribution in [0.2, 0.25) is 0 Å². The molecule has 0 spiro atoms. The largest absolute Gasteiger partial charge is 0.449 e. The fourth-order valence-electron chi connectivity index (χ4n) is 4.14. The van der Waals surface area contributed by atoms with Gasteiger partial charge in [0.15, 0.2) is 6.10 Å². The van der Waals surface area contributed by atoms with Crippen molar-refractivity contribution in [3.8, 4) is 0 Å². The van der Waals surface area contributed by atoms with Crippen molar-refractivity contribution in [2.45, 2.75) is 45.1 Å². The summed E-state index contributed by atoms with van der Waals surface area (Å²) < 4.78 is 5.79. The standard InChI is InChI=1S/C24H24O2/c1-16(15-18-9-4-3-5-10-18)22-17(2)24(25)26-23(22)21-14-8-12-19-11-6-7-13-20(19)21/h6-8,11-15,23H,1,3-5,9-10H2,2H3. The van der Waals surface area contributed by atoms with E-state index in [1.54, 1.807) is 0 Å². The van der Waals surface area contributed by atoms with Crippen LogP contribution >= 0.6 is 0 Å². The Labute approximate surface area is 154 Å². The van der Waals surface area contributed by atoms with Gasteiger partial charge >= 0.3 is 5.97 Å². The molecule has 1 saturated carbocycles. The summed E-state index contributed by atoms with van der Waals surface area (Å²) in [5, 5.41) is 2.28. The summed E-state index contributed by atoms with van der Waals surface area (Å²) >= 11 is 0. The average molecular weight is 344 g/mol. The zero-order valence-electron chi connectivity index (χ0n) is 15.3. The Morgan fingerprint density at radius 3 is 2.62 bits per heavy atom. The molecule has 1 aliphatic heterocycles. The second kappa shape index (κ2) is 6.95. The van der Waals surface area contributed by atoms with Gasteiger partial charge in [0, 0.05) is 16.7 Å². The van der Waals surface area contributed by atoms with Gasteiger partial charge in [-0.2, -0.15) is 0 Å². The van der Waals surface area contributed by atoms with Crippen LogP contribution in [0.3, 0.4) is 0 Å². The lowest BCUT2D eigenvalue weighted by molar-refractivity contribution is -0.139. The quantitative estimate of drug-likeness (QED) is 0.620. The van der Waals surface area contributed by atoms with Gasteiger partial charge in [-0.1, -0.05) is 67.1 Å². The molecule has 0 radical (unpaired) electrons. The Hall–Kier alpha value is -2.61. The molecule has 2 aliphatic rings. The average Bonchev–Trinajstić information content (AvgIpc) is 2.97. The Morgan fingerprint density at radius 2 is 1.81 bits per heavy atom. The van der Waals surface area contributed by atoms with Gasteiger partial charge < -0.3 is 4.74 Å². The molecule has 0 amide bonds. The first-order valence-corrected chi connectivity index (χ1v) is 9.43. The van der Waals surface area contributed by atoms with E-state index in [1.807, 2.05) is 25.1 Å². The lowest BCUT2D eigenvalue weighted by atomic mass is 9.88. The van der Waals surface area contributed by atoms with Crippen molar-refractivity contribution < 1.29 is 9.53 Å². The second-order valence-electron chi connectivity index (χ2n) is 7.28. The highest BCUT2D eigenvalue weighted by Crippen LogP contribution is 2.42. The van der Waals surface area contributed by atoms with E-state index in [0.29, 0.717) is 5.57 Å². The number of allylic oxidation sites excluding steroid dienone is 2. The van der Waals surface area contributed by atoms with E-state index in [1.165, 1.54) is 24.8 Å². The molecule has 1 unspecified atom stereocenters. The van der Waals surface area contributed by atoms with E-state index in [2.05, 4.69) is 36.9 Å². The summed E-state index contributed by atoms with van der Waals surface area (Å²) in [4.78, 5) is 12.4. The van der Waals surface area contributed by atoms with Gasteiger partial charge in [0.05, 0.1) is 0 Å². The number of carbonyl (C=O) groups is 1. The predicted octanol–water partition coefficient (Wildman–Crippen LogP) is 6.20. The molecule has 1 fully saturated rings. The van der Waals surface area contributed by atoms with Gasteiger partial charge in [-0.15, -0.1) is 0 Å². The Kier molecular flexibility index (Phi) is 4.50. The summed E-state index contributed by atoms with van der Waals surface area (Å²) in [6.07, 6.45) is 7.90. The van der Waals surface area contributed by atoms with E-state index >= 15 is 0 Å². The summed E-state index contributed by atoms with van der Waals surface area (Å²) in [7, 11) is 0. The maximum atomic E-state index is 12.4. The number of hydrogen-bond donors (Lipinski definition) is 0. The van der Waals surface area contributed by atoms with Crippen molar-refractivity contribution in [3.63, 3.8) is 0 Å². The van der Waals surface area contributed by atoms with Crippen molar-refractivity contribution in [2.75, 3.05) is 0 Å². The monoisotopic (exact) mass is 344 g/mol. The van der Waals surface area contributed by atoms with Crippen molar-refractivity contribution >= 4 is 16.7 Å². The summed E-state index contributed by atoms with van der Waals surface area (Å²) in [6.45, 7) is 6.16. The van der Waals surface area contributed by atoms with Crippen molar-refractivity contribution in [1.29, 1.82) is 0 Å². The van der Waals surface area contributed by atoms with Crippen LogP contribution in [0.5, 0.6) is 0 Å². The molecule has 0 bridgehead atoms. The fourth-order valence-corrected chi connectivity index (χ4v) is 4.14. The number of hydrogen-bond acceptors (Lipinski definition) is 2. The fraction of sp³-hybridized carbons (Fsp3) is 0.292. The van der Waals surface area contributed by atoms with Gasteiger partial charge in [0.25, 0.3) is 0 Å². The molecule has 0 N–H and O–H groups in total. The minimum Gasteiger partial charge on any atom is -0.449 e. The van der Waals surface area contributed by atoms with Crippen molar-refractivity contribution in [2.24, 2.45) is 0 Å². The summed E-state index contributed by atoms with van der Waals surface area (Å²) in [5.41, 5.74) is 5.01. The van der Waals surface area contributed by atoms with Crippen molar-refractivity contribution in [1.82, 2.24) is 0 Å². The third-order valence-electron chi connectivity index (χ3n) is 5.52. The van der Waals surface area contributed by atoms with Gasteiger partial charge in [-0.05, 0) is 49.0 Å². The number of ether oxygens (including phenoxy) is 1. The van der Waals surface area contributed by atoms with Gasteiger partial charge in [0.1, 0.15) is 0 Å². The third-order valence-corrected chi connectivity index (χ3v) is 5.52.